The molecule has 0 aromatic rings. The van der Waals surface area contributed by atoms with E-state index in [1.165, 1.54) is 35.5 Å². The Morgan fingerprint density at radius 3 is 1.05 bits per heavy atom. The van der Waals surface area contributed by atoms with Gasteiger partial charge in [-0.15, -0.1) is 0 Å². The number of halogens is 3. The lowest BCUT2D eigenvalue weighted by Gasteiger charge is -1.97. The van der Waals surface area contributed by atoms with Gasteiger partial charge in [0.15, 0.2) is 0 Å². The third kappa shape index (κ3) is 54.8. The summed E-state index contributed by atoms with van der Waals surface area (Å²) in [5.74, 6) is -2.19. The minimum absolute atomic E-state index is 0. The van der Waals surface area contributed by atoms with E-state index in [0.717, 1.165) is 6.42 Å². The molecule has 56 heavy (non-hydrogen) atoms. The van der Waals surface area contributed by atoms with Crippen LogP contribution in [0.3, 0.4) is 0 Å². The average molecular weight is 999 g/mol. The highest BCUT2D eigenvalue weighted by Gasteiger charge is 2.04. The van der Waals surface area contributed by atoms with Crippen molar-refractivity contribution in [1.82, 2.24) is 0 Å². The number of carboxylic acids is 1. The molecule has 1 N–H and O–H groups in total. The molecule has 0 spiro atoms. The monoisotopic (exact) mass is 995 g/mol. The molecule has 0 amide bonds. The summed E-state index contributed by atoms with van der Waals surface area (Å²) < 4.78 is 22.2. The van der Waals surface area contributed by atoms with E-state index in [0.29, 0.717) is 44.1 Å². The SMILES string of the molecule is C.C.C.C.C/C=C(\C)C(=O)O.C/C=C(\C)C(=O)OC.C/C=C(\CBr)C(=O)OC.C=C/C=C(\C)C(=O)OC.CC/C=C(\C)C(=O)OC.COC(=O)/C(C)=C/CBr.[Br-]. The molecule has 12 nitrogen and oxygen atoms in total. The number of aliphatic carboxylic acids is 1. The maximum atomic E-state index is 10.7. The summed E-state index contributed by atoms with van der Waals surface area (Å²) in [6.07, 6.45) is 12.6. The topological polar surface area (TPSA) is 169 Å². The van der Waals surface area contributed by atoms with Gasteiger partial charge >= 0.3 is 35.8 Å². The largest absolute Gasteiger partial charge is 1.00 e. The number of carbonyl (C=O) groups is 6. The summed E-state index contributed by atoms with van der Waals surface area (Å²) in [6, 6.07) is 0. The second-order valence-corrected chi connectivity index (χ2v) is 10.3. The zero-order valence-electron chi connectivity index (χ0n) is 32.9. The van der Waals surface area contributed by atoms with Gasteiger partial charge in [0.2, 0.25) is 0 Å². The first-order valence-electron chi connectivity index (χ1n) is 15.1. The second-order valence-electron chi connectivity index (χ2n) is 9.08. The standard InChI is InChI=1S/C7H12O2.C7H10O2.2C6H9BrO2.C6H10O2.C5H8O2.4CH4.BrH/c2*1-4-5-6(2)7(8)9-3;1-5(3-4-7)6(8)9-2;1-3-5(4-7)6(8)9-2;1-4-5(2)6(7)8-3;1-3-4(2)5(6)7;;;;;/h5H,4H2,1-3H3;4-5H,1H2,2-3H3;2*3H,4H2,1-2H3;4H,1-3H3;3H,1-2H3,(H,6,7);4*1H4;1H/p-1/b2*6-5+;2*5-3+;5-4+;4-3+;;;;;. The Labute approximate surface area is 367 Å². The lowest BCUT2D eigenvalue weighted by atomic mass is 10.2. The van der Waals surface area contributed by atoms with Crippen LogP contribution in [-0.2, 0) is 52.5 Å². The Hall–Kier alpha value is -3.56. The van der Waals surface area contributed by atoms with E-state index < -0.39 is 5.97 Å². The number of carboxylic acid groups (broad SMARTS) is 1. The quantitative estimate of drug-likeness (QED) is 0.0753. The zero-order chi connectivity index (χ0) is 41.5. The minimum Gasteiger partial charge on any atom is -1.00 e. The number of ether oxygens (including phenoxy) is 5. The van der Waals surface area contributed by atoms with E-state index >= 15 is 0 Å². The summed E-state index contributed by atoms with van der Waals surface area (Å²) in [6.45, 7) is 19.1. The number of alkyl halides is 2. The Morgan fingerprint density at radius 1 is 0.554 bits per heavy atom. The van der Waals surface area contributed by atoms with E-state index in [1.807, 2.05) is 13.0 Å². The Balaban J connectivity index is -0.0000000475. The fraction of sp³-hybridized carbons (Fsp3) is 0.512. The normalized spacial score (nSPS) is 10.1. The van der Waals surface area contributed by atoms with Crippen LogP contribution in [0, 0.1) is 0 Å². The Morgan fingerprint density at radius 2 is 0.875 bits per heavy atom. The van der Waals surface area contributed by atoms with Crippen LogP contribution in [0.1, 0.15) is 98.4 Å². The predicted molar refractivity (Wildman–Crippen MR) is 237 cm³/mol. The minimum atomic E-state index is -0.845. The van der Waals surface area contributed by atoms with Gasteiger partial charge in [-0.25, -0.2) is 28.8 Å². The van der Waals surface area contributed by atoms with Crippen molar-refractivity contribution >= 4 is 67.7 Å². The lowest BCUT2D eigenvalue weighted by molar-refractivity contribution is -0.136. The molecule has 0 aliphatic rings. The number of hydrogen-bond donors (Lipinski definition) is 1. The molecular formula is C41H74Br3O12-. The van der Waals surface area contributed by atoms with Gasteiger partial charge in [-0.2, -0.15) is 0 Å². The highest BCUT2D eigenvalue weighted by Crippen LogP contribution is 2.01. The molecule has 0 atom stereocenters. The zero-order valence-corrected chi connectivity index (χ0v) is 37.7. The van der Waals surface area contributed by atoms with Crippen molar-refractivity contribution in [3.63, 3.8) is 0 Å². The summed E-state index contributed by atoms with van der Waals surface area (Å²) in [7, 11) is 6.84. The molecule has 0 aromatic carbocycles. The maximum Gasteiger partial charge on any atom is 0.334 e. The molecule has 15 heteroatoms. The van der Waals surface area contributed by atoms with Gasteiger partial charge in [0, 0.05) is 44.1 Å². The van der Waals surface area contributed by atoms with Crippen molar-refractivity contribution < 1.29 is 74.5 Å². The summed E-state index contributed by atoms with van der Waals surface area (Å²) in [4.78, 5) is 62.7. The first kappa shape index (κ1) is 80.8. The van der Waals surface area contributed by atoms with Crippen molar-refractivity contribution in [2.24, 2.45) is 0 Å². The van der Waals surface area contributed by atoms with Gasteiger partial charge in [0.05, 0.1) is 35.5 Å². The van der Waals surface area contributed by atoms with Crippen LogP contribution in [0.2, 0.25) is 0 Å². The maximum absolute atomic E-state index is 10.7. The number of hydrogen-bond acceptors (Lipinski definition) is 11. The van der Waals surface area contributed by atoms with Crippen LogP contribution in [0.4, 0.5) is 0 Å². The van der Waals surface area contributed by atoms with Crippen LogP contribution in [0.5, 0.6) is 0 Å². The van der Waals surface area contributed by atoms with Gasteiger partial charge in [-0.05, 0) is 61.8 Å². The highest BCUT2D eigenvalue weighted by molar-refractivity contribution is 9.09. The lowest BCUT2D eigenvalue weighted by Crippen LogP contribution is -3.00. The summed E-state index contributed by atoms with van der Waals surface area (Å²) >= 11 is 6.31. The second kappa shape index (κ2) is 58.2. The van der Waals surface area contributed by atoms with Crippen molar-refractivity contribution in [3.05, 3.63) is 82.5 Å². The fourth-order valence-corrected chi connectivity index (χ4v) is 3.14. The van der Waals surface area contributed by atoms with Crippen LogP contribution in [0.25, 0.3) is 0 Å². The van der Waals surface area contributed by atoms with Gasteiger partial charge in [-0.1, -0.05) is 118 Å². The van der Waals surface area contributed by atoms with Crippen LogP contribution < -0.4 is 17.0 Å². The molecule has 332 valence electrons. The number of methoxy groups -OCH3 is 5. The van der Waals surface area contributed by atoms with Gasteiger partial charge < -0.3 is 45.8 Å². The number of allylic oxidation sites excluding steroid dienone is 7. The molecule has 0 aromatic heterocycles. The van der Waals surface area contributed by atoms with Gasteiger partial charge in [0.1, 0.15) is 0 Å². The van der Waals surface area contributed by atoms with Crippen LogP contribution in [-0.4, -0.2) is 87.1 Å². The smallest absolute Gasteiger partial charge is 0.334 e. The van der Waals surface area contributed by atoms with Crippen molar-refractivity contribution in [2.75, 3.05) is 46.2 Å². The third-order valence-electron chi connectivity index (χ3n) is 5.43. The number of esters is 5. The van der Waals surface area contributed by atoms with Gasteiger partial charge in [-0.3, -0.25) is 0 Å². The van der Waals surface area contributed by atoms with Crippen molar-refractivity contribution in [1.29, 1.82) is 0 Å². The molecule has 0 saturated carbocycles. The van der Waals surface area contributed by atoms with Crippen LogP contribution >= 0.6 is 31.9 Å². The molecule has 0 saturated heterocycles. The third-order valence-corrected chi connectivity index (χ3v) is 6.36. The number of carbonyl (C=O) groups excluding carboxylic acids is 5. The summed E-state index contributed by atoms with van der Waals surface area (Å²) in [5, 5.41) is 9.35. The first-order chi connectivity index (χ1) is 23.8. The molecule has 0 rings (SSSR count). The van der Waals surface area contributed by atoms with E-state index in [9.17, 15) is 28.8 Å². The molecule has 0 aliphatic carbocycles. The van der Waals surface area contributed by atoms with Crippen LogP contribution in [0.15, 0.2) is 82.5 Å². The van der Waals surface area contributed by atoms with Gasteiger partial charge in [0.25, 0.3) is 0 Å². The molecule has 0 unspecified atom stereocenters. The summed E-state index contributed by atoms with van der Waals surface area (Å²) in [5.41, 5.74) is 3.56. The molecule has 0 radical (unpaired) electrons. The Bertz CT molecular complexity index is 1200. The molecular weight excluding hydrogens is 924 g/mol. The molecule has 0 bridgehead atoms. The van der Waals surface area contributed by atoms with E-state index in [1.54, 1.807) is 91.8 Å². The van der Waals surface area contributed by atoms with E-state index in [4.69, 9.17) is 5.11 Å². The van der Waals surface area contributed by atoms with E-state index in [2.05, 4.69) is 62.1 Å². The predicted octanol–water partition coefficient (Wildman–Crippen LogP) is 7.52. The van der Waals surface area contributed by atoms with E-state index in [-0.39, 0.29) is 76.5 Å². The Kier molecular flexibility index (Phi) is 83.9. The van der Waals surface area contributed by atoms with Crippen molar-refractivity contribution in [2.45, 2.75) is 98.4 Å². The highest BCUT2D eigenvalue weighted by atomic mass is 79.9. The average Bonchev–Trinajstić information content (AvgIpc) is 3.14. The first-order valence-corrected chi connectivity index (χ1v) is 17.4. The van der Waals surface area contributed by atoms with Crippen molar-refractivity contribution in [3.8, 4) is 0 Å². The molecule has 0 aliphatic heterocycles. The molecule has 0 heterocycles. The fourth-order valence-electron chi connectivity index (χ4n) is 2.10. The number of rotatable bonds is 10. The molecule has 0 fully saturated rings.